The number of rotatable bonds is 4. The second-order valence-corrected chi connectivity index (χ2v) is 6.14. The molecule has 2 rings (SSSR count). The average Bonchev–Trinajstić information content (AvgIpc) is 2.41. The molecule has 0 atom stereocenters. The van der Waals surface area contributed by atoms with E-state index in [1.165, 1.54) is 0 Å². The summed E-state index contributed by atoms with van der Waals surface area (Å²) in [6, 6.07) is 8.10. The van der Waals surface area contributed by atoms with Gasteiger partial charge in [-0.15, -0.1) is 11.8 Å². The predicted molar refractivity (Wildman–Crippen MR) is 82.7 cm³/mol. The van der Waals surface area contributed by atoms with Crippen LogP contribution in [0.1, 0.15) is 24.0 Å². The Bertz CT molecular complexity index is 622. The number of hydrogen-bond acceptors (Lipinski definition) is 3. The molecule has 0 aliphatic carbocycles. The van der Waals surface area contributed by atoms with E-state index < -0.39 is 0 Å². The maximum atomic E-state index is 11.8. The van der Waals surface area contributed by atoms with Crippen LogP contribution in [-0.2, 0) is 12.2 Å². The fourth-order valence-electron chi connectivity index (χ4n) is 1.73. The smallest absolute Gasteiger partial charge is 0.254 e. The number of aromatic amines is 1. The highest BCUT2D eigenvalue weighted by atomic mass is 79.9. The van der Waals surface area contributed by atoms with Crippen LogP contribution >= 0.6 is 27.7 Å². The van der Waals surface area contributed by atoms with E-state index in [-0.39, 0.29) is 5.56 Å². The van der Waals surface area contributed by atoms with Gasteiger partial charge in [-0.1, -0.05) is 22.9 Å². The van der Waals surface area contributed by atoms with E-state index in [9.17, 15) is 4.79 Å². The number of benzene rings is 1. The van der Waals surface area contributed by atoms with Crippen molar-refractivity contribution in [1.82, 2.24) is 9.97 Å². The zero-order chi connectivity index (χ0) is 13.8. The molecule has 0 saturated carbocycles. The molecule has 5 heteroatoms. The first-order valence-corrected chi connectivity index (χ1v) is 7.85. The summed E-state index contributed by atoms with van der Waals surface area (Å²) in [7, 11) is 0. The number of H-pyrrole nitrogens is 1. The molecule has 0 bridgehead atoms. The highest BCUT2D eigenvalue weighted by Gasteiger charge is 2.06. The minimum Gasteiger partial charge on any atom is -0.310 e. The molecule has 0 amide bonds. The summed E-state index contributed by atoms with van der Waals surface area (Å²) in [4.78, 5) is 20.3. The normalized spacial score (nSPS) is 10.7. The lowest BCUT2D eigenvalue weighted by Gasteiger charge is -2.06. The highest BCUT2D eigenvalue weighted by molar-refractivity contribution is 9.10. The first-order valence-electron chi connectivity index (χ1n) is 6.07. The maximum absolute atomic E-state index is 11.8. The molecule has 0 aliphatic rings. The summed E-state index contributed by atoms with van der Waals surface area (Å²) in [6.07, 6.45) is 0.783. The van der Waals surface area contributed by atoms with E-state index >= 15 is 0 Å². The van der Waals surface area contributed by atoms with E-state index in [1.807, 2.05) is 38.1 Å². The summed E-state index contributed by atoms with van der Waals surface area (Å²) in [5.41, 5.74) is 1.58. The van der Waals surface area contributed by atoms with E-state index in [1.54, 1.807) is 11.8 Å². The van der Waals surface area contributed by atoms with Crippen molar-refractivity contribution in [1.29, 1.82) is 0 Å². The summed E-state index contributed by atoms with van der Waals surface area (Å²) in [6.45, 7) is 3.83. The molecule has 19 heavy (non-hydrogen) atoms. The van der Waals surface area contributed by atoms with Gasteiger partial charge in [0.25, 0.3) is 5.56 Å². The zero-order valence-electron chi connectivity index (χ0n) is 10.9. The van der Waals surface area contributed by atoms with Crippen LogP contribution in [0.15, 0.2) is 38.4 Å². The van der Waals surface area contributed by atoms with Crippen LogP contribution in [0.4, 0.5) is 0 Å². The van der Waals surface area contributed by atoms with Crippen LogP contribution in [0.3, 0.4) is 0 Å². The van der Waals surface area contributed by atoms with E-state index in [4.69, 9.17) is 0 Å². The van der Waals surface area contributed by atoms with E-state index in [0.717, 1.165) is 32.9 Å². The molecule has 1 N–H and O–H groups in total. The molecular formula is C14H15BrN2OS. The molecule has 1 aromatic carbocycles. The fourth-order valence-corrected chi connectivity index (χ4v) is 2.76. The van der Waals surface area contributed by atoms with E-state index in [2.05, 4.69) is 25.9 Å². The number of nitrogens with zero attached hydrogens (tertiary/aromatic N) is 1. The Hall–Kier alpha value is -1.07. The minimum absolute atomic E-state index is 0.0294. The third-order valence-electron chi connectivity index (χ3n) is 2.83. The Labute approximate surface area is 125 Å². The molecule has 0 aliphatic heterocycles. The van der Waals surface area contributed by atoms with E-state index in [0.29, 0.717) is 5.75 Å². The number of halogens is 1. The van der Waals surface area contributed by atoms with Crippen LogP contribution in [-0.4, -0.2) is 9.97 Å². The van der Waals surface area contributed by atoms with Gasteiger partial charge >= 0.3 is 0 Å². The number of hydrogen-bond donors (Lipinski definition) is 1. The largest absolute Gasteiger partial charge is 0.310 e. The third-order valence-corrected chi connectivity index (χ3v) is 4.38. The summed E-state index contributed by atoms with van der Waals surface area (Å²) < 4.78 is 1.06. The maximum Gasteiger partial charge on any atom is 0.254 e. The van der Waals surface area contributed by atoms with Gasteiger partial charge in [-0.2, -0.15) is 0 Å². The topological polar surface area (TPSA) is 45.8 Å². The molecule has 0 unspecified atom stereocenters. The van der Waals surface area contributed by atoms with Crippen LogP contribution in [0, 0.1) is 6.92 Å². The molecule has 100 valence electrons. The van der Waals surface area contributed by atoms with Gasteiger partial charge in [-0.3, -0.25) is 4.79 Å². The molecule has 1 aromatic heterocycles. The number of nitrogens with one attached hydrogen (secondary N) is 1. The Morgan fingerprint density at radius 3 is 2.63 bits per heavy atom. The predicted octanol–water partition coefficient (Wildman–Crippen LogP) is 3.70. The van der Waals surface area contributed by atoms with Crippen molar-refractivity contribution in [2.75, 3.05) is 0 Å². The summed E-state index contributed by atoms with van der Waals surface area (Å²) in [5, 5.41) is 0. The Balaban J connectivity index is 2.13. The molecular weight excluding hydrogens is 324 g/mol. The minimum atomic E-state index is -0.0294. The molecule has 0 spiro atoms. The van der Waals surface area contributed by atoms with Crippen molar-refractivity contribution in [3.05, 3.63) is 56.2 Å². The van der Waals surface area contributed by atoms with Crippen LogP contribution in [0.25, 0.3) is 0 Å². The zero-order valence-corrected chi connectivity index (χ0v) is 13.3. The standard InChI is InChI=1S/C14H15BrN2OS/c1-3-12-9(2)14(18)17-13(16-12)8-19-11-6-4-10(15)5-7-11/h4-7H,3,8H2,1-2H3,(H,16,17,18). The van der Waals surface area contributed by atoms with Gasteiger partial charge in [0.15, 0.2) is 0 Å². The van der Waals surface area contributed by atoms with Gasteiger partial charge in [-0.05, 0) is 37.6 Å². The molecule has 2 aromatic rings. The van der Waals surface area contributed by atoms with Gasteiger partial charge in [0.05, 0.1) is 11.4 Å². The lowest BCUT2D eigenvalue weighted by atomic mass is 10.2. The number of aromatic nitrogens is 2. The SMILES string of the molecule is CCc1nc(CSc2ccc(Br)cc2)[nH]c(=O)c1C. The van der Waals surface area contributed by atoms with Crippen molar-refractivity contribution in [3.63, 3.8) is 0 Å². The molecule has 0 radical (unpaired) electrons. The Morgan fingerprint density at radius 1 is 1.32 bits per heavy atom. The Kier molecular flexibility index (Phi) is 4.82. The second-order valence-electron chi connectivity index (χ2n) is 4.18. The Morgan fingerprint density at radius 2 is 2.00 bits per heavy atom. The molecule has 1 heterocycles. The van der Waals surface area contributed by atoms with Gasteiger partial charge < -0.3 is 4.98 Å². The van der Waals surface area contributed by atoms with Crippen molar-refractivity contribution < 1.29 is 0 Å². The molecule has 3 nitrogen and oxygen atoms in total. The van der Waals surface area contributed by atoms with Gasteiger partial charge in [0, 0.05) is 14.9 Å². The monoisotopic (exact) mass is 338 g/mol. The quantitative estimate of drug-likeness (QED) is 0.864. The van der Waals surface area contributed by atoms with Gasteiger partial charge in [0.1, 0.15) is 5.82 Å². The van der Waals surface area contributed by atoms with Crippen molar-refractivity contribution in [3.8, 4) is 0 Å². The first kappa shape index (κ1) is 14.3. The van der Waals surface area contributed by atoms with Crippen molar-refractivity contribution >= 4 is 27.7 Å². The van der Waals surface area contributed by atoms with Gasteiger partial charge in [-0.25, -0.2) is 4.98 Å². The van der Waals surface area contributed by atoms with Crippen LogP contribution in [0.5, 0.6) is 0 Å². The number of aryl methyl sites for hydroxylation is 1. The summed E-state index contributed by atoms with van der Waals surface area (Å²) >= 11 is 5.07. The third kappa shape index (κ3) is 3.70. The van der Waals surface area contributed by atoms with Crippen LogP contribution in [0.2, 0.25) is 0 Å². The second kappa shape index (κ2) is 6.39. The molecule has 0 fully saturated rings. The molecule has 0 saturated heterocycles. The lowest BCUT2D eigenvalue weighted by molar-refractivity contribution is 0.895. The average molecular weight is 339 g/mol. The lowest BCUT2D eigenvalue weighted by Crippen LogP contribution is -2.17. The first-order chi connectivity index (χ1) is 9.10. The highest BCUT2D eigenvalue weighted by Crippen LogP contribution is 2.23. The summed E-state index contributed by atoms with van der Waals surface area (Å²) in [5.74, 6) is 1.41. The van der Waals surface area contributed by atoms with Crippen molar-refractivity contribution in [2.24, 2.45) is 0 Å². The van der Waals surface area contributed by atoms with Crippen molar-refractivity contribution in [2.45, 2.75) is 30.9 Å². The van der Waals surface area contributed by atoms with Gasteiger partial charge in [0.2, 0.25) is 0 Å². The number of thioether (sulfide) groups is 1. The fraction of sp³-hybridized carbons (Fsp3) is 0.286. The van der Waals surface area contributed by atoms with Crippen LogP contribution < -0.4 is 5.56 Å².